The summed E-state index contributed by atoms with van der Waals surface area (Å²) in [7, 11) is 0. The Morgan fingerprint density at radius 1 is 1.40 bits per heavy atom. The van der Waals surface area contributed by atoms with Crippen LogP contribution in [0.5, 0.6) is 0 Å². The van der Waals surface area contributed by atoms with Gasteiger partial charge in [0.25, 0.3) is 5.91 Å². The standard InChI is InChI=1S/C12H11N3O3S.Au/c13-12(18)14-7-2-1-3-8(4-7)15-5-10(16)9(6-19)11(15)17;/h1-4,6,19H,5H2,(H3,13,14,18);/q;+1/p-1/b9-6-;. The Hall–Kier alpha value is -1.67. The van der Waals surface area contributed by atoms with Gasteiger partial charge in [-0.3, -0.25) is 9.59 Å². The van der Waals surface area contributed by atoms with E-state index in [4.69, 9.17) is 5.73 Å². The Bertz CT molecular complexity index is 603. The van der Waals surface area contributed by atoms with Crippen LogP contribution >= 0.6 is 0 Å². The molecule has 1 fully saturated rings. The molecular weight excluding hydrogens is 463 g/mol. The van der Waals surface area contributed by atoms with Gasteiger partial charge in [0, 0.05) is 11.4 Å². The molecule has 1 aromatic rings. The van der Waals surface area contributed by atoms with Crippen molar-refractivity contribution >= 4 is 41.7 Å². The van der Waals surface area contributed by atoms with Gasteiger partial charge in [0.15, 0.2) is 5.78 Å². The second-order valence-electron chi connectivity index (χ2n) is 3.89. The minimum atomic E-state index is -0.702. The number of rotatable bonds is 2. The molecule has 0 radical (unpaired) electrons. The second-order valence-corrected chi connectivity index (χ2v) is 4.12. The fourth-order valence-electron chi connectivity index (χ4n) is 1.78. The van der Waals surface area contributed by atoms with E-state index in [0.717, 1.165) is 5.41 Å². The van der Waals surface area contributed by atoms with Crippen molar-refractivity contribution in [3.8, 4) is 0 Å². The third kappa shape index (κ3) is 3.26. The van der Waals surface area contributed by atoms with Crippen molar-refractivity contribution < 1.29 is 36.8 Å². The number of amides is 3. The van der Waals surface area contributed by atoms with Crippen molar-refractivity contribution in [3.05, 3.63) is 35.2 Å². The van der Waals surface area contributed by atoms with E-state index in [9.17, 15) is 14.4 Å². The van der Waals surface area contributed by atoms with Crippen molar-refractivity contribution in [2.24, 2.45) is 5.73 Å². The number of primary amides is 1. The molecule has 0 aromatic heterocycles. The zero-order valence-corrected chi connectivity index (χ0v) is 13.0. The summed E-state index contributed by atoms with van der Waals surface area (Å²) in [5.74, 6) is -0.746. The topological polar surface area (TPSA) is 92.5 Å². The molecule has 0 bridgehead atoms. The van der Waals surface area contributed by atoms with Crippen LogP contribution in [0.4, 0.5) is 16.2 Å². The smallest absolute Gasteiger partial charge is 0.786 e. The molecule has 3 N–H and O–H groups in total. The maximum atomic E-state index is 11.9. The third-order valence-corrected chi connectivity index (χ3v) is 2.86. The molecule has 1 aliphatic heterocycles. The van der Waals surface area contributed by atoms with Gasteiger partial charge in [-0.05, 0) is 18.2 Å². The number of ketones is 1. The van der Waals surface area contributed by atoms with Crippen LogP contribution in [0.2, 0.25) is 0 Å². The molecule has 8 heteroatoms. The van der Waals surface area contributed by atoms with Crippen LogP contribution in [0.15, 0.2) is 35.2 Å². The second kappa shape index (κ2) is 6.67. The SMILES string of the molecule is NC(=O)Nc1cccc(N2CC(=O)/C(=C/[S-])C2=O)c1.[Au+]. The molecule has 0 saturated carbocycles. The minimum absolute atomic E-state index is 0. The molecule has 0 atom stereocenters. The summed E-state index contributed by atoms with van der Waals surface area (Å²) in [5.41, 5.74) is 5.96. The van der Waals surface area contributed by atoms with Crippen molar-refractivity contribution in [1.29, 1.82) is 0 Å². The molecule has 3 amide bonds. The summed E-state index contributed by atoms with van der Waals surface area (Å²) in [6, 6.07) is 5.78. The summed E-state index contributed by atoms with van der Waals surface area (Å²) in [4.78, 5) is 35.6. The molecule has 108 valence electrons. The zero-order valence-electron chi connectivity index (χ0n) is 10.1. The van der Waals surface area contributed by atoms with Gasteiger partial charge < -0.3 is 28.6 Å². The molecule has 20 heavy (non-hydrogen) atoms. The van der Waals surface area contributed by atoms with E-state index in [1.807, 2.05) is 0 Å². The maximum absolute atomic E-state index is 11.9. The van der Waals surface area contributed by atoms with Gasteiger partial charge in [-0.1, -0.05) is 6.07 Å². The number of nitrogens with two attached hydrogens (primary N) is 1. The van der Waals surface area contributed by atoms with Crippen LogP contribution in [0.1, 0.15) is 0 Å². The number of nitrogens with one attached hydrogen (secondary N) is 1. The normalized spacial score (nSPS) is 16.2. The van der Waals surface area contributed by atoms with Crippen LogP contribution in [-0.4, -0.2) is 24.3 Å². The number of carbonyl (C=O) groups excluding carboxylic acids is 3. The first-order chi connectivity index (χ1) is 9.02. The van der Waals surface area contributed by atoms with Gasteiger partial charge in [-0.2, -0.15) is 5.41 Å². The Kier molecular flexibility index (Phi) is 5.46. The zero-order chi connectivity index (χ0) is 14.0. The quantitative estimate of drug-likeness (QED) is 0.284. The van der Waals surface area contributed by atoms with Gasteiger partial charge in [0.2, 0.25) is 0 Å². The van der Waals surface area contributed by atoms with Crippen LogP contribution in [-0.2, 0) is 44.6 Å². The largest absolute Gasteiger partial charge is 1.00 e. The number of hydrogen-bond donors (Lipinski definition) is 2. The van der Waals surface area contributed by atoms with Gasteiger partial charge in [-0.25, -0.2) is 4.79 Å². The molecule has 0 unspecified atom stereocenters. The third-order valence-electron chi connectivity index (χ3n) is 2.62. The summed E-state index contributed by atoms with van der Waals surface area (Å²) in [6.45, 7) is -0.0542. The van der Waals surface area contributed by atoms with Gasteiger partial charge in [0.05, 0.1) is 12.1 Å². The van der Waals surface area contributed by atoms with E-state index in [2.05, 4.69) is 17.9 Å². The van der Waals surface area contributed by atoms with E-state index in [0.29, 0.717) is 11.4 Å². The van der Waals surface area contributed by atoms with Crippen molar-refractivity contribution in [2.75, 3.05) is 16.8 Å². The van der Waals surface area contributed by atoms with E-state index in [1.165, 1.54) is 4.90 Å². The summed E-state index contributed by atoms with van der Waals surface area (Å²) < 4.78 is 0. The van der Waals surface area contributed by atoms with E-state index in [1.54, 1.807) is 24.3 Å². The Morgan fingerprint density at radius 2 is 2.10 bits per heavy atom. The molecule has 0 spiro atoms. The molecular formula is C12H10AuN3O3S. The predicted molar refractivity (Wildman–Crippen MR) is 72.5 cm³/mol. The molecule has 1 heterocycles. The van der Waals surface area contributed by atoms with E-state index < -0.39 is 11.9 Å². The first kappa shape index (κ1) is 16.4. The maximum Gasteiger partial charge on any atom is 1.00 e. The summed E-state index contributed by atoms with van der Waals surface area (Å²) in [5, 5.41) is 3.49. The number of Topliss-reactive ketones (excluding diaryl/α,β-unsaturated/α-hetero) is 1. The average Bonchev–Trinajstić information content (AvgIpc) is 2.64. The van der Waals surface area contributed by atoms with Crippen LogP contribution < -0.4 is 16.0 Å². The Labute approximate surface area is 136 Å². The summed E-state index contributed by atoms with van der Waals surface area (Å²) in [6.07, 6.45) is 0. The van der Waals surface area contributed by atoms with Crippen molar-refractivity contribution in [1.82, 2.24) is 0 Å². The predicted octanol–water partition coefficient (Wildman–Crippen LogP) is 0.521. The number of hydrogen-bond acceptors (Lipinski definition) is 4. The molecule has 1 aromatic carbocycles. The average molecular weight is 473 g/mol. The van der Waals surface area contributed by atoms with Gasteiger partial charge in [-0.15, -0.1) is 0 Å². The van der Waals surface area contributed by atoms with Crippen LogP contribution in [0.3, 0.4) is 0 Å². The summed E-state index contributed by atoms with van der Waals surface area (Å²) >= 11 is 4.65. The van der Waals surface area contributed by atoms with E-state index in [-0.39, 0.29) is 40.3 Å². The van der Waals surface area contributed by atoms with Crippen LogP contribution in [0.25, 0.3) is 0 Å². The molecule has 1 saturated heterocycles. The first-order valence-corrected chi connectivity index (χ1v) is 5.84. The van der Waals surface area contributed by atoms with Crippen LogP contribution in [0, 0.1) is 0 Å². The molecule has 2 rings (SSSR count). The van der Waals surface area contributed by atoms with Crippen molar-refractivity contribution in [3.63, 3.8) is 0 Å². The molecule has 0 aliphatic carbocycles. The number of anilines is 2. The van der Waals surface area contributed by atoms with Crippen molar-refractivity contribution in [2.45, 2.75) is 0 Å². The Morgan fingerprint density at radius 3 is 2.65 bits per heavy atom. The minimum Gasteiger partial charge on any atom is -0.786 e. The number of nitrogens with zero attached hydrogens (tertiary/aromatic N) is 1. The number of urea groups is 1. The number of benzene rings is 1. The first-order valence-electron chi connectivity index (χ1n) is 5.36. The molecule has 1 aliphatic rings. The fraction of sp³-hybridized carbons (Fsp3) is 0.0833. The van der Waals surface area contributed by atoms with E-state index >= 15 is 0 Å². The number of carbonyl (C=O) groups is 3. The Balaban J connectivity index is 0.00000200. The molecule has 6 nitrogen and oxygen atoms in total. The van der Waals surface area contributed by atoms with Gasteiger partial charge >= 0.3 is 28.4 Å². The fourth-order valence-corrected chi connectivity index (χ4v) is 2.02. The monoisotopic (exact) mass is 473 g/mol. The van der Waals surface area contributed by atoms with Gasteiger partial charge in [0.1, 0.15) is 0 Å².